The van der Waals surface area contributed by atoms with E-state index in [1.807, 2.05) is 13.0 Å². The van der Waals surface area contributed by atoms with Gasteiger partial charge in [-0.3, -0.25) is 14.5 Å². The van der Waals surface area contributed by atoms with Gasteiger partial charge in [0.25, 0.3) is 11.7 Å². The van der Waals surface area contributed by atoms with Gasteiger partial charge in [-0.25, -0.2) is 8.78 Å². The van der Waals surface area contributed by atoms with Gasteiger partial charge in [-0.2, -0.15) is 0 Å². The maximum Gasteiger partial charge on any atom is 0.300 e. The van der Waals surface area contributed by atoms with Crippen LogP contribution in [-0.4, -0.2) is 23.9 Å². The topological polar surface area (TPSA) is 66.8 Å². The molecule has 7 heteroatoms. The standard InChI is InChI=1S/C26H21F2NO4/c1-14-5-4-6-16(11-14)23-22(24(30)17-7-10-21(33-3)15(2)12-17)25(31)26(32)29(23)20-13-18(27)8-9-19(20)28/h4-13,23,30H,1-3H3/b24-22+. The Labute approximate surface area is 189 Å². The number of benzene rings is 3. The maximum atomic E-state index is 14.7. The number of carbonyl (C=O) groups is 2. The molecular weight excluding hydrogens is 428 g/mol. The molecule has 3 aromatic rings. The number of nitrogens with zero attached hydrogens (tertiary/aromatic N) is 1. The van der Waals surface area contributed by atoms with Gasteiger partial charge in [0.1, 0.15) is 23.1 Å². The molecule has 1 atom stereocenters. The van der Waals surface area contributed by atoms with Gasteiger partial charge in [-0.1, -0.05) is 29.8 Å². The Bertz CT molecular complexity index is 1320. The van der Waals surface area contributed by atoms with Crippen molar-refractivity contribution in [2.24, 2.45) is 0 Å². The predicted molar refractivity (Wildman–Crippen MR) is 120 cm³/mol. The van der Waals surface area contributed by atoms with E-state index >= 15 is 0 Å². The molecule has 1 saturated heterocycles. The Morgan fingerprint density at radius 3 is 2.42 bits per heavy atom. The number of anilines is 1. The van der Waals surface area contributed by atoms with E-state index in [1.54, 1.807) is 43.3 Å². The van der Waals surface area contributed by atoms with E-state index in [1.165, 1.54) is 7.11 Å². The fourth-order valence-electron chi connectivity index (χ4n) is 4.09. The molecule has 0 saturated carbocycles. The van der Waals surface area contributed by atoms with Crippen molar-refractivity contribution >= 4 is 23.1 Å². The zero-order valence-electron chi connectivity index (χ0n) is 18.2. The lowest BCUT2D eigenvalue weighted by Gasteiger charge is -2.26. The zero-order chi connectivity index (χ0) is 23.9. The van der Waals surface area contributed by atoms with Gasteiger partial charge in [-0.05, 0) is 55.3 Å². The number of aryl methyl sites for hydroxylation is 2. The van der Waals surface area contributed by atoms with Crippen molar-refractivity contribution in [3.8, 4) is 5.75 Å². The fraction of sp³-hybridized carbons (Fsp3) is 0.154. The number of ether oxygens (including phenoxy) is 1. The summed E-state index contributed by atoms with van der Waals surface area (Å²) in [5.41, 5.74) is 1.72. The second-order valence-corrected chi connectivity index (χ2v) is 7.86. The summed E-state index contributed by atoms with van der Waals surface area (Å²) >= 11 is 0. The third-order valence-corrected chi connectivity index (χ3v) is 5.64. The van der Waals surface area contributed by atoms with E-state index in [4.69, 9.17) is 4.74 Å². The Hall–Kier alpha value is -4.00. The molecule has 1 aliphatic heterocycles. The van der Waals surface area contributed by atoms with Gasteiger partial charge in [0, 0.05) is 11.6 Å². The summed E-state index contributed by atoms with van der Waals surface area (Å²) in [6, 6.07) is 13.3. The normalized spacial score (nSPS) is 17.5. The molecule has 1 unspecified atom stereocenters. The molecule has 5 nitrogen and oxygen atoms in total. The summed E-state index contributed by atoms with van der Waals surface area (Å²) in [4.78, 5) is 27.1. The van der Waals surface area contributed by atoms with E-state index in [2.05, 4.69) is 0 Å². The van der Waals surface area contributed by atoms with Crippen molar-refractivity contribution in [3.63, 3.8) is 0 Å². The van der Waals surface area contributed by atoms with Crippen LogP contribution < -0.4 is 9.64 Å². The van der Waals surface area contributed by atoms with Crippen LogP contribution in [0.1, 0.15) is 28.3 Å². The number of amides is 1. The zero-order valence-corrected chi connectivity index (χ0v) is 18.2. The van der Waals surface area contributed by atoms with Gasteiger partial charge in [0.05, 0.1) is 24.4 Å². The largest absolute Gasteiger partial charge is 0.507 e. The van der Waals surface area contributed by atoms with E-state index in [0.29, 0.717) is 22.4 Å². The lowest BCUT2D eigenvalue weighted by Crippen LogP contribution is -2.30. The van der Waals surface area contributed by atoms with Crippen molar-refractivity contribution in [2.75, 3.05) is 12.0 Å². The van der Waals surface area contributed by atoms with Gasteiger partial charge >= 0.3 is 0 Å². The summed E-state index contributed by atoms with van der Waals surface area (Å²) in [5.74, 6) is -3.50. The van der Waals surface area contributed by atoms with Crippen LogP contribution in [-0.2, 0) is 9.59 Å². The van der Waals surface area contributed by atoms with Crippen molar-refractivity contribution in [2.45, 2.75) is 19.9 Å². The first-order valence-electron chi connectivity index (χ1n) is 10.2. The SMILES string of the molecule is COc1ccc(/C(O)=C2\C(=O)C(=O)N(c3cc(F)ccc3F)C2c2cccc(C)c2)cc1C. The van der Waals surface area contributed by atoms with E-state index in [9.17, 15) is 23.5 Å². The molecule has 0 aromatic heterocycles. The van der Waals surface area contributed by atoms with Crippen LogP contribution in [0, 0.1) is 25.5 Å². The second kappa shape index (κ2) is 8.50. The van der Waals surface area contributed by atoms with Crippen molar-refractivity contribution in [1.29, 1.82) is 0 Å². The number of Topliss-reactive ketones (excluding diaryl/α,β-unsaturated/α-hetero) is 1. The minimum atomic E-state index is -1.15. The molecule has 1 aliphatic rings. The summed E-state index contributed by atoms with van der Waals surface area (Å²) in [7, 11) is 1.51. The highest BCUT2D eigenvalue weighted by molar-refractivity contribution is 6.51. The average Bonchev–Trinajstić information content (AvgIpc) is 3.05. The number of ketones is 1. The third-order valence-electron chi connectivity index (χ3n) is 5.64. The Morgan fingerprint density at radius 2 is 1.76 bits per heavy atom. The molecule has 4 rings (SSSR count). The van der Waals surface area contributed by atoms with E-state index in [0.717, 1.165) is 28.7 Å². The van der Waals surface area contributed by atoms with Crippen LogP contribution in [0.15, 0.2) is 66.2 Å². The first kappa shape index (κ1) is 22.2. The molecule has 1 N–H and O–H groups in total. The average molecular weight is 449 g/mol. The fourth-order valence-corrected chi connectivity index (χ4v) is 4.09. The molecule has 3 aromatic carbocycles. The summed E-state index contributed by atoms with van der Waals surface area (Å²) in [6.45, 7) is 3.60. The third kappa shape index (κ3) is 3.86. The van der Waals surface area contributed by atoms with Crippen LogP contribution in [0.25, 0.3) is 5.76 Å². The van der Waals surface area contributed by atoms with Gasteiger partial charge in [-0.15, -0.1) is 0 Å². The first-order chi connectivity index (χ1) is 15.7. The highest BCUT2D eigenvalue weighted by Crippen LogP contribution is 2.43. The number of carbonyl (C=O) groups excluding carboxylic acids is 2. The lowest BCUT2D eigenvalue weighted by molar-refractivity contribution is -0.132. The van der Waals surface area contributed by atoms with Crippen LogP contribution in [0.3, 0.4) is 0 Å². The first-order valence-corrected chi connectivity index (χ1v) is 10.2. The molecule has 168 valence electrons. The minimum absolute atomic E-state index is 0.209. The van der Waals surface area contributed by atoms with Crippen LogP contribution in [0.5, 0.6) is 5.75 Å². The van der Waals surface area contributed by atoms with E-state index in [-0.39, 0.29) is 11.3 Å². The molecule has 0 bridgehead atoms. The van der Waals surface area contributed by atoms with Crippen molar-refractivity contribution < 1.29 is 28.2 Å². The second-order valence-electron chi connectivity index (χ2n) is 7.86. The number of methoxy groups -OCH3 is 1. The van der Waals surface area contributed by atoms with Crippen LogP contribution >= 0.6 is 0 Å². The van der Waals surface area contributed by atoms with Crippen molar-refractivity contribution in [1.82, 2.24) is 0 Å². The number of hydrogen-bond donors (Lipinski definition) is 1. The highest BCUT2D eigenvalue weighted by atomic mass is 19.1. The molecular formula is C26H21F2NO4. The molecule has 0 spiro atoms. The monoisotopic (exact) mass is 449 g/mol. The van der Waals surface area contributed by atoms with Crippen LogP contribution in [0.2, 0.25) is 0 Å². The molecule has 0 radical (unpaired) electrons. The quantitative estimate of drug-likeness (QED) is 0.337. The van der Waals surface area contributed by atoms with E-state index < -0.39 is 35.1 Å². The molecule has 1 amide bonds. The molecule has 1 heterocycles. The summed E-state index contributed by atoms with van der Waals surface area (Å²) in [6.07, 6.45) is 0. The van der Waals surface area contributed by atoms with Gasteiger partial charge in [0.2, 0.25) is 0 Å². The highest BCUT2D eigenvalue weighted by Gasteiger charge is 2.47. The Kier molecular flexibility index (Phi) is 5.72. The number of rotatable bonds is 4. The van der Waals surface area contributed by atoms with Gasteiger partial charge < -0.3 is 9.84 Å². The summed E-state index contributed by atoms with van der Waals surface area (Å²) < 4.78 is 33.9. The molecule has 1 fully saturated rings. The Morgan fingerprint density at radius 1 is 1.00 bits per heavy atom. The van der Waals surface area contributed by atoms with Gasteiger partial charge in [0.15, 0.2) is 0 Å². The van der Waals surface area contributed by atoms with Crippen LogP contribution in [0.4, 0.5) is 14.5 Å². The number of aliphatic hydroxyl groups excluding tert-OH is 1. The smallest absolute Gasteiger partial charge is 0.300 e. The molecule has 33 heavy (non-hydrogen) atoms. The number of hydrogen-bond acceptors (Lipinski definition) is 4. The predicted octanol–water partition coefficient (Wildman–Crippen LogP) is 5.22. The lowest BCUT2D eigenvalue weighted by atomic mass is 9.93. The Balaban J connectivity index is 1.98. The number of aliphatic hydroxyl groups is 1. The maximum absolute atomic E-state index is 14.7. The summed E-state index contributed by atoms with van der Waals surface area (Å²) in [5, 5.41) is 11.2. The minimum Gasteiger partial charge on any atom is -0.507 e. The molecule has 0 aliphatic carbocycles. The van der Waals surface area contributed by atoms with Crippen molar-refractivity contribution in [3.05, 3.63) is 100 Å². The number of halogens is 2.